The number of hydrogen-bond acceptors (Lipinski definition) is 7. The van der Waals surface area contributed by atoms with E-state index in [0.29, 0.717) is 6.42 Å². The van der Waals surface area contributed by atoms with Crippen LogP contribution in [-0.4, -0.2) is 53.1 Å². The van der Waals surface area contributed by atoms with Crippen LogP contribution in [-0.2, 0) is 28.7 Å². The van der Waals surface area contributed by atoms with Crippen molar-refractivity contribution < 1.29 is 42.5 Å². The van der Waals surface area contributed by atoms with E-state index in [4.69, 9.17) is 9.47 Å². The molecule has 0 aromatic rings. The molecule has 9 atom stereocenters. The summed E-state index contributed by atoms with van der Waals surface area (Å²) < 4.78 is 41.7. The van der Waals surface area contributed by atoms with E-state index in [1.165, 1.54) is 6.08 Å². The first-order valence-electron chi connectivity index (χ1n) is 13.1. The molecule has 1 N–H and O–H groups in total. The fourth-order valence-electron chi connectivity index (χ4n) is 8.23. The van der Waals surface area contributed by atoms with Crippen LogP contribution >= 0.6 is 0 Å². The zero-order valence-electron chi connectivity index (χ0n) is 22.0. The van der Waals surface area contributed by atoms with E-state index in [1.54, 1.807) is 34.6 Å². The fraction of sp³-hybridized carbons (Fsp3) is 0.714. The summed E-state index contributed by atoms with van der Waals surface area (Å²) in [5.41, 5.74) is -4.20. The molecule has 204 valence electrons. The number of halogens is 2. The van der Waals surface area contributed by atoms with Gasteiger partial charge in [0.1, 0.15) is 6.17 Å². The van der Waals surface area contributed by atoms with Crippen molar-refractivity contribution in [3.63, 3.8) is 0 Å². The van der Waals surface area contributed by atoms with Gasteiger partial charge in [-0.2, -0.15) is 0 Å². The molecule has 0 bridgehead atoms. The minimum Gasteiger partial charge on any atom is -0.457 e. The molecule has 4 aliphatic rings. The van der Waals surface area contributed by atoms with Crippen LogP contribution < -0.4 is 0 Å². The molecule has 3 fully saturated rings. The maximum Gasteiger partial charge on any atom is 0.306 e. The number of carbonyl (C=O) groups is 4. The summed E-state index contributed by atoms with van der Waals surface area (Å²) in [7, 11) is 0. The Hall–Kier alpha value is -2.42. The molecule has 0 aliphatic heterocycles. The molecule has 0 radical (unpaired) electrons. The molecular formula is C28H36F2O7. The SMILES string of the molecule is CCC(=O)OCC(=O)[C@@]1(OC(=O)CC)[C@H](C)C[C@H]2[C@@H]3C[C@H](F)C4=C(F)C(=O)C=C[C@]4(C)[C@H]3[C@@H](O)C[C@@]21C. The van der Waals surface area contributed by atoms with E-state index in [1.807, 2.05) is 0 Å². The third kappa shape index (κ3) is 3.82. The maximum atomic E-state index is 15.7. The summed E-state index contributed by atoms with van der Waals surface area (Å²) in [5.74, 6) is -5.63. The van der Waals surface area contributed by atoms with Crippen molar-refractivity contribution >= 4 is 23.5 Å². The van der Waals surface area contributed by atoms with Crippen LogP contribution in [0, 0.1) is 34.5 Å². The third-order valence-electron chi connectivity index (χ3n) is 9.72. The van der Waals surface area contributed by atoms with E-state index in [0.717, 1.165) is 6.08 Å². The number of ketones is 2. The van der Waals surface area contributed by atoms with E-state index >= 15 is 4.39 Å². The molecule has 4 rings (SSSR count). The Kier molecular flexibility index (Phi) is 7.01. The van der Waals surface area contributed by atoms with Gasteiger partial charge in [-0.25, -0.2) is 8.78 Å². The third-order valence-corrected chi connectivity index (χ3v) is 9.72. The number of carbonyl (C=O) groups excluding carboxylic acids is 4. The van der Waals surface area contributed by atoms with Gasteiger partial charge in [0.15, 0.2) is 18.0 Å². The summed E-state index contributed by atoms with van der Waals surface area (Å²) in [6, 6.07) is 0. The van der Waals surface area contributed by atoms with E-state index < -0.39 is 82.4 Å². The lowest BCUT2D eigenvalue weighted by molar-refractivity contribution is -0.207. The number of aliphatic hydroxyl groups is 1. The van der Waals surface area contributed by atoms with Crippen molar-refractivity contribution in [3.05, 3.63) is 23.6 Å². The highest BCUT2D eigenvalue weighted by atomic mass is 19.1. The number of ether oxygens (including phenoxy) is 2. The first kappa shape index (κ1) is 27.6. The molecule has 0 spiro atoms. The van der Waals surface area contributed by atoms with Crippen LogP contribution in [0.3, 0.4) is 0 Å². The van der Waals surface area contributed by atoms with Gasteiger partial charge in [0.25, 0.3) is 0 Å². The van der Waals surface area contributed by atoms with Crippen LogP contribution in [0.5, 0.6) is 0 Å². The predicted molar refractivity (Wildman–Crippen MR) is 128 cm³/mol. The molecule has 0 aromatic carbocycles. The number of hydrogen-bond donors (Lipinski definition) is 1. The summed E-state index contributed by atoms with van der Waals surface area (Å²) >= 11 is 0. The van der Waals surface area contributed by atoms with Gasteiger partial charge in [0.2, 0.25) is 11.6 Å². The Labute approximate surface area is 215 Å². The second-order valence-electron chi connectivity index (χ2n) is 11.5. The number of fused-ring (bicyclic) bond motifs is 5. The second-order valence-corrected chi connectivity index (χ2v) is 11.5. The number of allylic oxidation sites excluding steroid dienone is 4. The molecule has 7 nitrogen and oxygen atoms in total. The number of aliphatic hydroxyl groups excluding tert-OH is 1. The molecular weight excluding hydrogens is 486 g/mol. The van der Waals surface area contributed by atoms with E-state index in [9.17, 15) is 28.7 Å². The average Bonchev–Trinajstić information content (AvgIpc) is 3.06. The lowest BCUT2D eigenvalue weighted by Gasteiger charge is -2.60. The largest absolute Gasteiger partial charge is 0.457 e. The van der Waals surface area contributed by atoms with Crippen molar-refractivity contribution in [2.45, 2.75) is 84.6 Å². The Bertz CT molecular complexity index is 1080. The van der Waals surface area contributed by atoms with Gasteiger partial charge in [-0.05, 0) is 37.2 Å². The van der Waals surface area contributed by atoms with Gasteiger partial charge >= 0.3 is 11.9 Å². The Morgan fingerprint density at radius 2 is 1.78 bits per heavy atom. The van der Waals surface area contributed by atoms with Crippen molar-refractivity contribution in [3.8, 4) is 0 Å². The monoisotopic (exact) mass is 522 g/mol. The molecule has 37 heavy (non-hydrogen) atoms. The van der Waals surface area contributed by atoms with Crippen LogP contribution in [0.25, 0.3) is 0 Å². The number of alkyl halides is 1. The number of Topliss-reactive ketones (excluding diaryl/α,β-unsaturated/α-hetero) is 1. The van der Waals surface area contributed by atoms with Crippen molar-refractivity contribution in [2.24, 2.45) is 34.5 Å². The lowest BCUT2D eigenvalue weighted by Crippen LogP contribution is -2.65. The molecule has 4 aliphatic carbocycles. The molecule has 3 saturated carbocycles. The van der Waals surface area contributed by atoms with Crippen LogP contribution in [0.4, 0.5) is 8.78 Å². The molecule has 0 heterocycles. The molecule has 0 amide bonds. The van der Waals surface area contributed by atoms with Crippen LogP contribution in [0.2, 0.25) is 0 Å². The zero-order valence-corrected chi connectivity index (χ0v) is 22.0. The first-order chi connectivity index (χ1) is 17.3. The first-order valence-corrected chi connectivity index (χ1v) is 13.1. The van der Waals surface area contributed by atoms with Crippen molar-refractivity contribution in [1.82, 2.24) is 0 Å². The van der Waals surface area contributed by atoms with Gasteiger partial charge < -0.3 is 14.6 Å². The summed E-state index contributed by atoms with van der Waals surface area (Å²) in [6.07, 6.45) is 0.184. The standard InChI is InChI=1S/C28H36F2O7/c1-6-21(34)36-13-20(33)28(37-22(35)7-2)14(3)10-16-15-11-17(29)24-25(30)18(31)8-9-26(24,4)23(15)19(32)12-27(16,28)5/h8-9,14-17,19,23,32H,6-7,10-13H2,1-5H3/t14-,15+,16+,17+,19+,23-,26-,27+,28+/m1/s1. The van der Waals surface area contributed by atoms with Gasteiger partial charge in [-0.15, -0.1) is 0 Å². The second kappa shape index (κ2) is 9.40. The van der Waals surface area contributed by atoms with E-state index in [2.05, 4.69) is 0 Å². The van der Waals surface area contributed by atoms with Crippen LogP contribution in [0.1, 0.15) is 66.7 Å². The molecule has 0 saturated heterocycles. The van der Waals surface area contributed by atoms with Crippen LogP contribution in [0.15, 0.2) is 23.6 Å². The van der Waals surface area contributed by atoms with Gasteiger partial charge in [-0.3, -0.25) is 19.2 Å². The normalized spacial score (nSPS) is 42.5. The Balaban J connectivity index is 1.80. The fourth-order valence-corrected chi connectivity index (χ4v) is 8.23. The molecule has 0 unspecified atom stereocenters. The lowest BCUT2D eigenvalue weighted by atomic mass is 9.45. The van der Waals surface area contributed by atoms with Gasteiger partial charge in [0.05, 0.1) is 6.10 Å². The minimum atomic E-state index is -1.74. The van der Waals surface area contributed by atoms with Gasteiger partial charge in [-0.1, -0.05) is 40.7 Å². The average molecular weight is 523 g/mol. The minimum absolute atomic E-state index is 0.0166. The number of esters is 2. The summed E-state index contributed by atoms with van der Waals surface area (Å²) in [5, 5.41) is 11.6. The molecule has 0 aromatic heterocycles. The van der Waals surface area contributed by atoms with Crippen molar-refractivity contribution in [1.29, 1.82) is 0 Å². The Morgan fingerprint density at radius 3 is 2.41 bits per heavy atom. The Morgan fingerprint density at radius 1 is 1.14 bits per heavy atom. The predicted octanol–water partition coefficient (Wildman–Crippen LogP) is 3.97. The van der Waals surface area contributed by atoms with Gasteiger partial charge in [0, 0.05) is 41.1 Å². The quantitative estimate of drug-likeness (QED) is 0.526. The van der Waals surface area contributed by atoms with Crippen molar-refractivity contribution in [2.75, 3.05) is 6.61 Å². The number of rotatable bonds is 6. The highest BCUT2D eigenvalue weighted by Crippen LogP contribution is 2.69. The van der Waals surface area contributed by atoms with E-state index in [-0.39, 0.29) is 37.2 Å². The highest BCUT2D eigenvalue weighted by Gasteiger charge is 2.73. The zero-order chi connectivity index (χ0) is 27.5. The summed E-state index contributed by atoms with van der Waals surface area (Å²) in [6.45, 7) is 7.85. The smallest absolute Gasteiger partial charge is 0.306 e. The molecule has 9 heteroatoms. The highest BCUT2D eigenvalue weighted by molar-refractivity contribution is 6.04. The topological polar surface area (TPSA) is 107 Å². The summed E-state index contributed by atoms with van der Waals surface area (Å²) in [4.78, 5) is 50.3. The maximum absolute atomic E-state index is 15.7.